The molecular weight excluding hydrogens is 358 g/mol. The van der Waals surface area contributed by atoms with Gasteiger partial charge in [-0.05, 0) is 59.3 Å². The number of halogens is 1. The average molecular weight is 392 g/mol. The fourth-order valence-corrected chi connectivity index (χ4v) is 3.28. The predicted molar refractivity (Wildman–Crippen MR) is 98.3 cm³/mol. The first-order valence-corrected chi connectivity index (χ1v) is 10.1. The normalized spacial score (nSPS) is 22.0. The Morgan fingerprint density at radius 3 is 2.26 bits per heavy atom. The van der Waals surface area contributed by atoms with Crippen molar-refractivity contribution < 1.29 is 14.3 Å². The summed E-state index contributed by atoms with van der Waals surface area (Å²) in [5.74, 6) is 0. The number of carbonyl (C=O) groups excluding carboxylic acids is 1. The molecule has 1 aliphatic rings. The monoisotopic (exact) mass is 391 g/mol. The second-order valence-corrected chi connectivity index (χ2v) is 8.29. The topological polar surface area (TPSA) is 38.8 Å². The first-order valence-electron chi connectivity index (χ1n) is 8.97. The molecule has 136 valence electrons. The molecule has 23 heavy (non-hydrogen) atoms. The zero-order chi connectivity index (χ0) is 17.3. The van der Waals surface area contributed by atoms with Crippen molar-refractivity contribution in [1.29, 1.82) is 0 Å². The Morgan fingerprint density at radius 2 is 1.70 bits per heavy atom. The van der Waals surface area contributed by atoms with Gasteiger partial charge in [0, 0.05) is 25.0 Å². The van der Waals surface area contributed by atoms with E-state index in [2.05, 4.69) is 15.9 Å². The summed E-state index contributed by atoms with van der Waals surface area (Å²) < 4.78 is 11.4. The molecule has 0 bridgehead atoms. The summed E-state index contributed by atoms with van der Waals surface area (Å²) in [5.41, 5.74) is -0.430. The Morgan fingerprint density at radius 1 is 1.09 bits per heavy atom. The van der Waals surface area contributed by atoms with Gasteiger partial charge in [0.2, 0.25) is 0 Å². The molecule has 4 nitrogen and oxygen atoms in total. The van der Waals surface area contributed by atoms with E-state index in [9.17, 15) is 4.79 Å². The van der Waals surface area contributed by atoms with Crippen molar-refractivity contribution in [3.05, 3.63) is 0 Å². The molecule has 0 unspecified atom stereocenters. The van der Waals surface area contributed by atoms with E-state index in [1.165, 1.54) is 19.3 Å². The Bertz CT molecular complexity index is 336. The van der Waals surface area contributed by atoms with Gasteiger partial charge in [0.25, 0.3) is 0 Å². The van der Waals surface area contributed by atoms with Crippen molar-refractivity contribution in [2.75, 3.05) is 19.0 Å². The number of unbranched alkanes of at least 4 members (excludes halogenated alkanes) is 3. The minimum atomic E-state index is -0.430. The number of rotatable bonds is 8. The molecule has 1 amide bonds. The van der Waals surface area contributed by atoms with Crippen LogP contribution < -0.4 is 0 Å². The number of carbonyl (C=O) groups is 1. The molecule has 0 saturated heterocycles. The van der Waals surface area contributed by atoms with E-state index in [0.717, 1.165) is 44.0 Å². The SMILES string of the molecule is CN(C(=O)OC(C)(C)C)[C@H]1CC[C@H](OCCCCCCBr)CC1. The molecule has 0 spiro atoms. The van der Waals surface area contributed by atoms with Crippen molar-refractivity contribution >= 4 is 22.0 Å². The lowest BCUT2D eigenvalue weighted by Crippen LogP contribution is -2.43. The van der Waals surface area contributed by atoms with Crippen LogP contribution in [-0.2, 0) is 9.47 Å². The minimum absolute atomic E-state index is 0.214. The molecule has 0 aromatic rings. The van der Waals surface area contributed by atoms with Gasteiger partial charge in [-0.3, -0.25) is 0 Å². The predicted octanol–water partition coefficient (Wildman–Crippen LogP) is 5.14. The molecule has 0 aliphatic heterocycles. The fraction of sp³-hybridized carbons (Fsp3) is 0.944. The van der Waals surface area contributed by atoms with E-state index >= 15 is 0 Å². The maximum atomic E-state index is 12.1. The Kier molecular flexibility index (Phi) is 9.52. The zero-order valence-electron chi connectivity index (χ0n) is 15.3. The van der Waals surface area contributed by atoms with Crippen LogP contribution in [-0.4, -0.2) is 47.7 Å². The van der Waals surface area contributed by atoms with Crippen LogP contribution in [0.4, 0.5) is 4.79 Å². The Hall–Kier alpha value is -0.290. The third kappa shape index (κ3) is 8.94. The van der Waals surface area contributed by atoms with Crippen molar-refractivity contribution in [1.82, 2.24) is 4.90 Å². The van der Waals surface area contributed by atoms with Crippen LogP contribution in [0.1, 0.15) is 72.1 Å². The van der Waals surface area contributed by atoms with Crippen LogP contribution >= 0.6 is 15.9 Å². The molecular formula is C18H34BrNO3. The fourth-order valence-electron chi connectivity index (χ4n) is 2.88. The summed E-state index contributed by atoms with van der Waals surface area (Å²) in [7, 11) is 1.85. The van der Waals surface area contributed by atoms with Crippen molar-refractivity contribution in [2.45, 2.75) is 89.9 Å². The van der Waals surface area contributed by atoms with Gasteiger partial charge in [0.15, 0.2) is 0 Å². The van der Waals surface area contributed by atoms with E-state index in [1.54, 1.807) is 4.90 Å². The van der Waals surface area contributed by atoms with Crippen molar-refractivity contribution in [2.24, 2.45) is 0 Å². The first kappa shape index (κ1) is 20.8. The third-order valence-corrected chi connectivity index (χ3v) is 4.82. The summed E-state index contributed by atoms with van der Waals surface area (Å²) in [5, 5.41) is 1.10. The summed E-state index contributed by atoms with van der Waals surface area (Å²) in [6, 6.07) is 0.281. The molecule has 0 atom stereocenters. The quantitative estimate of drug-likeness (QED) is 0.424. The molecule has 5 heteroatoms. The highest BCUT2D eigenvalue weighted by Gasteiger charge is 2.29. The maximum absolute atomic E-state index is 12.1. The van der Waals surface area contributed by atoms with Gasteiger partial charge >= 0.3 is 6.09 Å². The van der Waals surface area contributed by atoms with Crippen LogP contribution in [0, 0.1) is 0 Å². The molecule has 0 N–H and O–H groups in total. The number of ether oxygens (including phenoxy) is 2. The summed E-state index contributed by atoms with van der Waals surface area (Å²) in [6.07, 6.45) is 9.19. The van der Waals surface area contributed by atoms with Gasteiger partial charge in [0.05, 0.1) is 6.10 Å². The second kappa shape index (κ2) is 10.5. The van der Waals surface area contributed by atoms with Gasteiger partial charge in [-0.2, -0.15) is 0 Å². The lowest BCUT2D eigenvalue weighted by atomic mass is 9.92. The molecule has 0 aromatic carbocycles. The standard InChI is InChI=1S/C18H34BrNO3/c1-18(2,3)23-17(21)20(4)15-9-11-16(12-10-15)22-14-8-6-5-7-13-19/h15-16H,5-14H2,1-4H3/t15-,16-. The number of hydrogen-bond donors (Lipinski definition) is 0. The largest absolute Gasteiger partial charge is 0.444 e. The lowest BCUT2D eigenvalue weighted by molar-refractivity contribution is -0.00580. The van der Waals surface area contributed by atoms with E-state index < -0.39 is 5.60 Å². The summed E-state index contributed by atoms with van der Waals surface area (Å²) >= 11 is 3.46. The number of nitrogens with zero attached hydrogens (tertiary/aromatic N) is 1. The van der Waals surface area contributed by atoms with Crippen molar-refractivity contribution in [3.63, 3.8) is 0 Å². The average Bonchev–Trinajstić information content (AvgIpc) is 2.49. The van der Waals surface area contributed by atoms with E-state index in [4.69, 9.17) is 9.47 Å². The molecule has 1 fully saturated rings. The lowest BCUT2D eigenvalue weighted by Gasteiger charge is -2.35. The van der Waals surface area contributed by atoms with Crippen LogP contribution in [0.15, 0.2) is 0 Å². The number of alkyl halides is 1. The van der Waals surface area contributed by atoms with E-state index in [-0.39, 0.29) is 12.1 Å². The highest BCUT2D eigenvalue weighted by atomic mass is 79.9. The van der Waals surface area contributed by atoms with Gasteiger partial charge in [-0.15, -0.1) is 0 Å². The Labute approximate surface area is 150 Å². The van der Waals surface area contributed by atoms with Gasteiger partial charge in [0.1, 0.15) is 5.60 Å². The molecule has 0 radical (unpaired) electrons. The molecule has 1 aliphatic carbocycles. The van der Waals surface area contributed by atoms with Gasteiger partial charge < -0.3 is 14.4 Å². The zero-order valence-corrected chi connectivity index (χ0v) is 16.9. The minimum Gasteiger partial charge on any atom is -0.444 e. The van der Waals surface area contributed by atoms with Crippen molar-refractivity contribution in [3.8, 4) is 0 Å². The molecule has 0 aromatic heterocycles. The van der Waals surface area contributed by atoms with Crippen LogP contribution in [0.25, 0.3) is 0 Å². The van der Waals surface area contributed by atoms with Gasteiger partial charge in [-0.25, -0.2) is 4.79 Å². The molecule has 1 saturated carbocycles. The van der Waals surface area contributed by atoms with Crippen LogP contribution in [0.3, 0.4) is 0 Å². The first-order chi connectivity index (χ1) is 10.8. The smallest absolute Gasteiger partial charge is 0.410 e. The number of hydrogen-bond acceptors (Lipinski definition) is 3. The third-order valence-electron chi connectivity index (χ3n) is 4.25. The second-order valence-electron chi connectivity index (χ2n) is 7.50. The summed E-state index contributed by atoms with van der Waals surface area (Å²) in [4.78, 5) is 13.9. The number of amides is 1. The van der Waals surface area contributed by atoms with Crippen LogP contribution in [0.2, 0.25) is 0 Å². The Balaban J connectivity index is 2.18. The van der Waals surface area contributed by atoms with Crippen LogP contribution in [0.5, 0.6) is 0 Å². The van der Waals surface area contributed by atoms with E-state index in [0.29, 0.717) is 6.10 Å². The van der Waals surface area contributed by atoms with E-state index in [1.807, 2.05) is 27.8 Å². The highest BCUT2D eigenvalue weighted by molar-refractivity contribution is 9.09. The maximum Gasteiger partial charge on any atom is 0.410 e. The summed E-state index contributed by atoms with van der Waals surface area (Å²) in [6.45, 7) is 6.59. The molecule has 0 heterocycles. The molecule has 1 rings (SSSR count). The van der Waals surface area contributed by atoms with Gasteiger partial charge in [-0.1, -0.05) is 28.8 Å². The highest BCUT2D eigenvalue weighted by Crippen LogP contribution is 2.25.